The van der Waals surface area contributed by atoms with Crippen LogP contribution in [0.3, 0.4) is 0 Å². The third-order valence-corrected chi connectivity index (χ3v) is 7.42. The molecular formula is C17H17ClN2O2S3. The minimum atomic E-state index is -3.63. The monoisotopic (exact) mass is 412 g/mol. The topological polar surface area (TPSA) is 59.1 Å². The Bertz CT molecular complexity index is 984. The van der Waals surface area contributed by atoms with E-state index in [1.54, 1.807) is 30.3 Å². The summed E-state index contributed by atoms with van der Waals surface area (Å²) in [5.74, 6) is 0. The predicted octanol–water partition coefficient (Wildman–Crippen LogP) is 5.62. The van der Waals surface area contributed by atoms with E-state index >= 15 is 0 Å². The molecule has 25 heavy (non-hydrogen) atoms. The van der Waals surface area contributed by atoms with Gasteiger partial charge in [-0.15, -0.1) is 22.7 Å². The number of benzene rings is 1. The van der Waals surface area contributed by atoms with Gasteiger partial charge in [-0.2, -0.15) is 0 Å². The van der Waals surface area contributed by atoms with Gasteiger partial charge in [-0.05, 0) is 30.3 Å². The molecule has 0 aliphatic rings. The summed E-state index contributed by atoms with van der Waals surface area (Å²) in [6.07, 6.45) is 0. The molecule has 0 radical (unpaired) electrons. The quantitative estimate of drug-likeness (QED) is 0.604. The first-order valence-corrected chi connectivity index (χ1v) is 11.1. The number of rotatable bonds is 4. The van der Waals surface area contributed by atoms with Gasteiger partial charge >= 0.3 is 0 Å². The zero-order valence-electron chi connectivity index (χ0n) is 13.9. The molecule has 3 aromatic rings. The number of nitrogens with one attached hydrogen (secondary N) is 1. The molecule has 0 amide bonds. The molecule has 0 aliphatic carbocycles. The maximum Gasteiger partial charge on any atom is 0.271 e. The first-order valence-electron chi connectivity index (χ1n) is 7.48. The summed E-state index contributed by atoms with van der Waals surface area (Å²) >= 11 is 8.53. The van der Waals surface area contributed by atoms with Crippen LogP contribution in [0.1, 0.15) is 26.5 Å². The van der Waals surface area contributed by atoms with Crippen LogP contribution >= 0.6 is 34.3 Å². The molecule has 0 atom stereocenters. The lowest BCUT2D eigenvalue weighted by Crippen LogP contribution is -2.11. The van der Waals surface area contributed by atoms with Crippen LogP contribution in [0, 0.1) is 0 Å². The molecule has 0 aliphatic heterocycles. The lowest BCUT2D eigenvalue weighted by molar-refractivity contribution is 0.573. The number of thiophene rings is 1. The fourth-order valence-electron chi connectivity index (χ4n) is 2.04. The summed E-state index contributed by atoms with van der Waals surface area (Å²) in [6, 6.07) is 8.20. The average Bonchev–Trinajstić information content (AvgIpc) is 3.17. The number of nitrogens with zero attached hydrogens (tertiary/aromatic N) is 1. The van der Waals surface area contributed by atoms with E-state index in [1.807, 2.05) is 10.8 Å². The number of hydrogen-bond donors (Lipinski definition) is 1. The molecule has 1 aromatic carbocycles. The highest BCUT2D eigenvalue weighted by molar-refractivity contribution is 7.94. The van der Waals surface area contributed by atoms with Crippen LogP contribution in [0.15, 0.2) is 45.3 Å². The van der Waals surface area contributed by atoms with Crippen molar-refractivity contribution in [2.75, 3.05) is 4.72 Å². The van der Waals surface area contributed by atoms with Crippen molar-refractivity contribution < 1.29 is 8.42 Å². The lowest BCUT2D eigenvalue weighted by atomic mass is 9.93. The summed E-state index contributed by atoms with van der Waals surface area (Å²) in [5.41, 5.74) is 2.27. The van der Waals surface area contributed by atoms with Gasteiger partial charge in [0.05, 0.1) is 5.69 Å². The molecule has 0 fully saturated rings. The third kappa shape index (κ3) is 4.23. The van der Waals surface area contributed by atoms with Crippen molar-refractivity contribution in [1.29, 1.82) is 0 Å². The van der Waals surface area contributed by atoms with E-state index in [-0.39, 0.29) is 9.62 Å². The highest BCUT2D eigenvalue weighted by Crippen LogP contribution is 2.34. The van der Waals surface area contributed by atoms with Crippen molar-refractivity contribution in [3.8, 4) is 10.6 Å². The van der Waals surface area contributed by atoms with Crippen LogP contribution in [-0.2, 0) is 15.4 Å². The van der Waals surface area contributed by atoms with Crippen LogP contribution in [-0.4, -0.2) is 13.4 Å². The van der Waals surface area contributed by atoms with Crippen LogP contribution in [0.2, 0.25) is 5.02 Å². The summed E-state index contributed by atoms with van der Waals surface area (Å²) in [7, 11) is -3.63. The Labute approximate surface area is 160 Å². The third-order valence-electron chi connectivity index (χ3n) is 3.46. The lowest BCUT2D eigenvalue weighted by Gasteiger charge is -2.14. The van der Waals surface area contributed by atoms with Crippen molar-refractivity contribution in [1.82, 2.24) is 4.98 Å². The standard InChI is InChI=1S/C17H17ClN2O2S3/c1-17(2,3)14-10-24-16(19-14)11-8-15(23-9-11)25(21,22)20-13-6-4-12(18)5-7-13/h4-10,20H,1-3H3. The summed E-state index contributed by atoms with van der Waals surface area (Å²) in [6.45, 7) is 6.31. The van der Waals surface area contributed by atoms with E-state index in [9.17, 15) is 8.42 Å². The van der Waals surface area contributed by atoms with Gasteiger partial charge in [-0.1, -0.05) is 32.4 Å². The molecule has 2 heterocycles. The number of halogens is 1. The van der Waals surface area contributed by atoms with Crippen molar-refractivity contribution >= 4 is 50.0 Å². The average molecular weight is 413 g/mol. The number of thiazole rings is 1. The van der Waals surface area contributed by atoms with Crippen molar-refractivity contribution in [3.05, 3.63) is 51.8 Å². The molecule has 1 N–H and O–H groups in total. The van der Waals surface area contributed by atoms with Gasteiger partial charge in [-0.3, -0.25) is 4.72 Å². The van der Waals surface area contributed by atoms with E-state index in [4.69, 9.17) is 11.6 Å². The fraction of sp³-hybridized carbons (Fsp3) is 0.235. The number of aromatic nitrogens is 1. The van der Waals surface area contributed by atoms with Crippen molar-refractivity contribution in [3.63, 3.8) is 0 Å². The molecule has 0 spiro atoms. The minimum Gasteiger partial charge on any atom is -0.279 e. The smallest absolute Gasteiger partial charge is 0.271 e. The second-order valence-electron chi connectivity index (χ2n) is 6.55. The largest absolute Gasteiger partial charge is 0.279 e. The first-order chi connectivity index (χ1) is 11.6. The van der Waals surface area contributed by atoms with Gasteiger partial charge in [0.2, 0.25) is 0 Å². The van der Waals surface area contributed by atoms with Crippen LogP contribution in [0.5, 0.6) is 0 Å². The fourth-order valence-corrected chi connectivity index (χ4v) is 5.50. The zero-order chi connectivity index (χ0) is 18.2. The summed E-state index contributed by atoms with van der Waals surface area (Å²) in [5, 5.41) is 5.23. The molecule has 0 saturated carbocycles. The van der Waals surface area contributed by atoms with Crippen LogP contribution in [0.25, 0.3) is 10.6 Å². The molecule has 8 heteroatoms. The normalized spacial score (nSPS) is 12.3. The van der Waals surface area contributed by atoms with E-state index in [2.05, 4.69) is 30.5 Å². The van der Waals surface area contributed by atoms with Gasteiger partial charge < -0.3 is 0 Å². The number of anilines is 1. The van der Waals surface area contributed by atoms with E-state index < -0.39 is 10.0 Å². The molecule has 0 bridgehead atoms. The van der Waals surface area contributed by atoms with Gasteiger partial charge in [0.15, 0.2) is 0 Å². The maximum absolute atomic E-state index is 12.5. The van der Waals surface area contributed by atoms with Gasteiger partial charge in [0.25, 0.3) is 10.0 Å². The Morgan fingerprint density at radius 2 is 1.76 bits per heavy atom. The molecule has 0 saturated heterocycles. The number of sulfonamides is 1. The Balaban J connectivity index is 1.85. The highest BCUT2D eigenvalue weighted by atomic mass is 35.5. The predicted molar refractivity (Wildman–Crippen MR) is 106 cm³/mol. The molecule has 2 aromatic heterocycles. The first kappa shape index (κ1) is 18.4. The van der Waals surface area contributed by atoms with Gasteiger partial charge in [0.1, 0.15) is 9.22 Å². The van der Waals surface area contributed by atoms with Crippen molar-refractivity contribution in [2.45, 2.75) is 30.4 Å². The second kappa shape index (κ2) is 6.72. The second-order valence-corrected chi connectivity index (χ2v) is 10.7. The highest BCUT2D eigenvalue weighted by Gasteiger charge is 2.21. The van der Waals surface area contributed by atoms with E-state index in [0.717, 1.165) is 16.3 Å². The minimum absolute atomic E-state index is 0.0319. The SMILES string of the molecule is CC(C)(C)c1csc(-c2csc(S(=O)(=O)Nc3ccc(Cl)cc3)c2)n1. The molecule has 4 nitrogen and oxygen atoms in total. The zero-order valence-corrected chi connectivity index (χ0v) is 17.1. The Hall–Kier alpha value is -1.41. The summed E-state index contributed by atoms with van der Waals surface area (Å²) < 4.78 is 27.9. The Morgan fingerprint density at radius 1 is 1.08 bits per heavy atom. The van der Waals surface area contributed by atoms with Gasteiger partial charge in [0, 0.05) is 32.4 Å². The Morgan fingerprint density at radius 3 is 2.36 bits per heavy atom. The van der Waals surface area contributed by atoms with Crippen molar-refractivity contribution in [2.24, 2.45) is 0 Å². The molecule has 0 unspecified atom stereocenters. The number of hydrogen-bond acceptors (Lipinski definition) is 5. The Kier molecular flexibility index (Phi) is 4.94. The van der Waals surface area contributed by atoms with Crippen LogP contribution < -0.4 is 4.72 Å². The van der Waals surface area contributed by atoms with E-state index in [0.29, 0.717) is 10.7 Å². The van der Waals surface area contributed by atoms with Crippen LogP contribution in [0.4, 0.5) is 5.69 Å². The van der Waals surface area contributed by atoms with Gasteiger partial charge in [-0.25, -0.2) is 13.4 Å². The van der Waals surface area contributed by atoms with E-state index in [1.165, 1.54) is 22.7 Å². The molecule has 3 rings (SSSR count). The summed E-state index contributed by atoms with van der Waals surface area (Å²) in [4.78, 5) is 4.64. The molecule has 132 valence electrons. The molecular weight excluding hydrogens is 396 g/mol. The maximum atomic E-state index is 12.5.